The van der Waals surface area contributed by atoms with Gasteiger partial charge in [0.1, 0.15) is 5.52 Å². The SMILES string of the molecule is Cc1[nH]nc(CCC(=O)NCCCc2nc3ccccc3o2)c1C. The van der Waals surface area contributed by atoms with E-state index in [1.165, 1.54) is 0 Å². The van der Waals surface area contributed by atoms with Crippen LogP contribution in [0.2, 0.25) is 0 Å². The van der Waals surface area contributed by atoms with Crippen molar-refractivity contribution in [2.24, 2.45) is 0 Å². The van der Waals surface area contributed by atoms with Crippen molar-refractivity contribution < 1.29 is 9.21 Å². The van der Waals surface area contributed by atoms with E-state index >= 15 is 0 Å². The number of nitrogens with zero attached hydrogens (tertiary/aromatic N) is 2. The van der Waals surface area contributed by atoms with E-state index in [1.54, 1.807) is 0 Å². The van der Waals surface area contributed by atoms with E-state index in [-0.39, 0.29) is 5.91 Å². The van der Waals surface area contributed by atoms with Gasteiger partial charge in [-0.25, -0.2) is 4.98 Å². The molecule has 0 bridgehead atoms. The molecule has 1 amide bonds. The van der Waals surface area contributed by atoms with Crippen LogP contribution in [0.15, 0.2) is 28.7 Å². The van der Waals surface area contributed by atoms with Crippen molar-refractivity contribution in [2.75, 3.05) is 6.54 Å². The number of aromatic nitrogens is 3. The minimum absolute atomic E-state index is 0.0487. The molecule has 0 spiro atoms. The van der Waals surface area contributed by atoms with Gasteiger partial charge in [-0.3, -0.25) is 9.89 Å². The van der Waals surface area contributed by atoms with Crippen molar-refractivity contribution in [1.82, 2.24) is 20.5 Å². The molecule has 0 saturated heterocycles. The molecule has 0 aliphatic rings. The van der Waals surface area contributed by atoms with Crippen molar-refractivity contribution in [3.05, 3.63) is 47.1 Å². The number of aromatic amines is 1. The summed E-state index contributed by atoms with van der Waals surface area (Å²) < 4.78 is 5.66. The summed E-state index contributed by atoms with van der Waals surface area (Å²) in [5.41, 5.74) is 4.85. The Hall–Kier alpha value is -2.63. The minimum atomic E-state index is 0.0487. The molecule has 1 aromatic carbocycles. The lowest BCUT2D eigenvalue weighted by Gasteiger charge is -2.03. The third kappa shape index (κ3) is 3.82. The number of carbonyl (C=O) groups is 1. The Kier molecular flexibility index (Phi) is 4.93. The maximum atomic E-state index is 11.9. The number of carbonyl (C=O) groups excluding carboxylic acids is 1. The van der Waals surface area contributed by atoms with Gasteiger partial charge < -0.3 is 9.73 Å². The molecule has 0 aliphatic heterocycles. The maximum absolute atomic E-state index is 11.9. The highest BCUT2D eigenvalue weighted by atomic mass is 16.3. The average Bonchev–Trinajstić information content (AvgIpc) is 3.14. The summed E-state index contributed by atoms with van der Waals surface area (Å²) in [5, 5.41) is 10.1. The topological polar surface area (TPSA) is 83.8 Å². The first-order valence-electron chi connectivity index (χ1n) is 8.25. The van der Waals surface area contributed by atoms with Gasteiger partial charge in [-0.2, -0.15) is 5.10 Å². The highest BCUT2D eigenvalue weighted by Crippen LogP contribution is 2.15. The van der Waals surface area contributed by atoms with Crippen LogP contribution in [0.5, 0.6) is 0 Å². The molecular formula is C18H22N4O2. The molecule has 6 nitrogen and oxygen atoms in total. The average molecular weight is 326 g/mol. The highest BCUT2D eigenvalue weighted by molar-refractivity contribution is 5.76. The van der Waals surface area contributed by atoms with Gasteiger partial charge in [0.25, 0.3) is 0 Å². The van der Waals surface area contributed by atoms with Crippen LogP contribution in [-0.4, -0.2) is 27.6 Å². The standard InChI is InChI=1S/C18H22N4O2/c1-12-13(2)21-22-14(12)9-10-17(23)19-11-5-8-18-20-15-6-3-4-7-16(15)24-18/h3-4,6-7H,5,8-11H2,1-2H3,(H,19,23)(H,21,22). The summed E-state index contributed by atoms with van der Waals surface area (Å²) in [6, 6.07) is 7.71. The molecule has 0 atom stereocenters. The lowest BCUT2D eigenvalue weighted by Crippen LogP contribution is -2.25. The van der Waals surface area contributed by atoms with Gasteiger partial charge >= 0.3 is 0 Å². The molecule has 0 radical (unpaired) electrons. The number of H-pyrrole nitrogens is 1. The summed E-state index contributed by atoms with van der Waals surface area (Å²) >= 11 is 0. The van der Waals surface area contributed by atoms with E-state index < -0.39 is 0 Å². The zero-order chi connectivity index (χ0) is 16.9. The van der Waals surface area contributed by atoms with Crippen LogP contribution in [0.25, 0.3) is 11.1 Å². The number of oxazole rings is 1. The molecule has 3 rings (SSSR count). The third-order valence-electron chi connectivity index (χ3n) is 4.17. The number of hydrogen-bond donors (Lipinski definition) is 2. The van der Waals surface area contributed by atoms with Crippen molar-refractivity contribution in [3.8, 4) is 0 Å². The molecule has 6 heteroatoms. The summed E-state index contributed by atoms with van der Waals surface area (Å²) in [4.78, 5) is 16.3. The van der Waals surface area contributed by atoms with Crippen LogP contribution in [0.4, 0.5) is 0 Å². The number of hydrogen-bond acceptors (Lipinski definition) is 4. The molecule has 2 N–H and O–H groups in total. The van der Waals surface area contributed by atoms with Gasteiger partial charge in [-0.05, 0) is 38.0 Å². The first-order valence-corrected chi connectivity index (χ1v) is 8.25. The second-order valence-corrected chi connectivity index (χ2v) is 5.95. The first kappa shape index (κ1) is 16.2. The van der Waals surface area contributed by atoms with Gasteiger partial charge in [0.05, 0.1) is 5.69 Å². The van der Waals surface area contributed by atoms with Gasteiger partial charge in [0.2, 0.25) is 5.91 Å². The lowest BCUT2D eigenvalue weighted by molar-refractivity contribution is -0.121. The Morgan fingerprint density at radius 1 is 1.25 bits per heavy atom. The minimum Gasteiger partial charge on any atom is -0.441 e. The molecule has 24 heavy (non-hydrogen) atoms. The quantitative estimate of drug-likeness (QED) is 0.654. The number of fused-ring (bicyclic) bond motifs is 1. The molecule has 0 saturated carbocycles. The van der Waals surface area contributed by atoms with Crippen LogP contribution in [0.3, 0.4) is 0 Å². The summed E-state index contributed by atoms with van der Waals surface area (Å²) in [7, 11) is 0. The smallest absolute Gasteiger partial charge is 0.220 e. The van der Waals surface area contributed by atoms with Crippen LogP contribution >= 0.6 is 0 Å². The largest absolute Gasteiger partial charge is 0.441 e. The number of rotatable bonds is 7. The maximum Gasteiger partial charge on any atom is 0.220 e. The van der Waals surface area contributed by atoms with Crippen molar-refractivity contribution in [3.63, 3.8) is 0 Å². The fourth-order valence-electron chi connectivity index (χ4n) is 2.59. The Labute approximate surface area is 140 Å². The van der Waals surface area contributed by atoms with Gasteiger partial charge in [-0.1, -0.05) is 12.1 Å². The molecule has 126 valence electrons. The predicted molar refractivity (Wildman–Crippen MR) is 91.7 cm³/mol. The molecule has 0 aliphatic carbocycles. The number of nitrogens with one attached hydrogen (secondary N) is 2. The molecule has 3 aromatic rings. The fraction of sp³-hybridized carbons (Fsp3) is 0.389. The Morgan fingerprint density at radius 3 is 2.83 bits per heavy atom. The van der Waals surface area contributed by atoms with E-state index in [4.69, 9.17) is 4.42 Å². The normalized spacial score (nSPS) is 11.1. The van der Waals surface area contributed by atoms with Gasteiger partial charge in [-0.15, -0.1) is 0 Å². The Bertz CT molecular complexity index is 802. The number of para-hydroxylation sites is 2. The summed E-state index contributed by atoms with van der Waals surface area (Å²) in [6.45, 7) is 4.63. The second-order valence-electron chi connectivity index (χ2n) is 5.95. The molecule has 2 aromatic heterocycles. The number of aryl methyl sites for hydroxylation is 3. The fourth-order valence-corrected chi connectivity index (χ4v) is 2.59. The molecule has 2 heterocycles. The van der Waals surface area contributed by atoms with Crippen LogP contribution in [-0.2, 0) is 17.6 Å². The lowest BCUT2D eigenvalue weighted by atomic mass is 10.1. The molecular weight excluding hydrogens is 304 g/mol. The Balaban J connectivity index is 1.38. The zero-order valence-electron chi connectivity index (χ0n) is 14.1. The second kappa shape index (κ2) is 7.29. The zero-order valence-corrected chi connectivity index (χ0v) is 14.1. The van der Waals surface area contributed by atoms with Crippen LogP contribution < -0.4 is 5.32 Å². The van der Waals surface area contributed by atoms with E-state index in [0.29, 0.717) is 31.7 Å². The van der Waals surface area contributed by atoms with Crippen LogP contribution in [0, 0.1) is 13.8 Å². The molecule has 0 fully saturated rings. The van der Waals surface area contributed by atoms with E-state index in [2.05, 4.69) is 20.5 Å². The summed E-state index contributed by atoms with van der Waals surface area (Å²) in [5.74, 6) is 0.765. The highest BCUT2D eigenvalue weighted by Gasteiger charge is 2.09. The first-order chi connectivity index (χ1) is 11.6. The predicted octanol–water partition coefficient (Wildman–Crippen LogP) is 2.85. The van der Waals surface area contributed by atoms with Crippen molar-refractivity contribution >= 4 is 17.0 Å². The third-order valence-corrected chi connectivity index (χ3v) is 4.17. The van der Waals surface area contributed by atoms with E-state index in [0.717, 1.165) is 34.5 Å². The monoisotopic (exact) mass is 326 g/mol. The van der Waals surface area contributed by atoms with Crippen molar-refractivity contribution in [2.45, 2.75) is 39.5 Å². The van der Waals surface area contributed by atoms with E-state index in [1.807, 2.05) is 38.1 Å². The Morgan fingerprint density at radius 2 is 2.08 bits per heavy atom. The van der Waals surface area contributed by atoms with Crippen molar-refractivity contribution in [1.29, 1.82) is 0 Å². The van der Waals surface area contributed by atoms with Gasteiger partial charge in [0, 0.05) is 31.5 Å². The van der Waals surface area contributed by atoms with Crippen LogP contribution in [0.1, 0.15) is 35.7 Å². The molecule has 0 unspecified atom stereocenters. The number of benzene rings is 1. The van der Waals surface area contributed by atoms with E-state index in [9.17, 15) is 4.79 Å². The summed E-state index contributed by atoms with van der Waals surface area (Å²) in [6.07, 6.45) is 2.63. The van der Waals surface area contributed by atoms with Gasteiger partial charge in [0.15, 0.2) is 11.5 Å². The number of amides is 1.